The molecule has 0 spiro atoms. The Kier molecular flexibility index (Phi) is 45.3. The maximum absolute atomic E-state index is 13.6. The molecule has 0 aromatic carbocycles. The van der Waals surface area contributed by atoms with Crippen molar-refractivity contribution in [3.8, 4) is 0 Å². The molecule has 78 heavy (non-hydrogen) atoms. The summed E-state index contributed by atoms with van der Waals surface area (Å²) >= 11 is 0. The van der Waals surface area contributed by atoms with E-state index in [0.29, 0.717) is 13.1 Å². The molecule has 1 saturated heterocycles. The highest BCUT2D eigenvalue weighted by molar-refractivity contribution is 5.93. The van der Waals surface area contributed by atoms with Crippen molar-refractivity contribution in [2.45, 2.75) is 245 Å². The van der Waals surface area contributed by atoms with Crippen molar-refractivity contribution >= 4 is 41.5 Å². The number of unbranched alkanes of at least 4 members (excludes halogenated alkanes) is 30. The lowest BCUT2D eigenvalue weighted by Gasteiger charge is -2.33. The summed E-state index contributed by atoms with van der Waals surface area (Å²) in [6.07, 6.45) is 41.0. The predicted molar refractivity (Wildman–Crippen MR) is 313 cm³/mol. The summed E-state index contributed by atoms with van der Waals surface area (Å²) in [5.74, 6) is -4.89. The van der Waals surface area contributed by atoms with Crippen LogP contribution in [0.25, 0.3) is 0 Å². The highest BCUT2D eigenvalue weighted by atomic mass is 16.4. The van der Waals surface area contributed by atoms with Gasteiger partial charge in [0.2, 0.25) is 23.6 Å². The summed E-state index contributed by atoms with van der Waals surface area (Å²) in [5, 5.41) is 36.6. The third-order valence-electron chi connectivity index (χ3n) is 15.2. The second-order valence-corrected chi connectivity index (χ2v) is 22.5. The van der Waals surface area contributed by atoms with Crippen molar-refractivity contribution in [3.05, 3.63) is 0 Å². The maximum Gasteiger partial charge on any atom is 0.317 e. The van der Waals surface area contributed by atoms with Gasteiger partial charge in [0.25, 0.3) is 0 Å². The van der Waals surface area contributed by atoms with Gasteiger partial charge in [-0.25, -0.2) is 0 Å². The van der Waals surface area contributed by atoms with Crippen LogP contribution in [0, 0.1) is 0 Å². The Bertz CT molecular complexity index is 1520. The van der Waals surface area contributed by atoms with Crippen LogP contribution in [0.3, 0.4) is 0 Å². The van der Waals surface area contributed by atoms with Crippen molar-refractivity contribution in [1.82, 2.24) is 40.4 Å². The van der Waals surface area contributed by atoms with Gasteiger partial charge in [0, 0.05) is 65.4 Å². The number of carbonyl (C=O) groups excluding carboxylic acids is 4. The Morgan fingerprint density at radius 3 is 0.910 bits per heavy atom. The fourth-order valence-electron chi connectivity index (χ4n) is 10.2. The molecule has 0 aromatic heterocycles. The van der Waals surface area contributed by atoms with Crippen LogP contribution in [0.4, 0.5) is 0 Å². The van der Waals surface area contributed by atoms with Crippen molar-refractivity contribution in [2.24, 2.45) is 0 Å². The van der Waals surface area contributed by atoms with Gasteiger partial charge in [-0.3, -0.25) is 53.2 Å². The summed E-state index contributed by atoms with van der Waals surface area (Å²) < 4.78 is 0. The summed E-state index contributed by atoms with van der Waals surface area (Å²) in [6.45, 7) is 9.61. The molecular weight excluding hydrogens is 993 g/mol. The van der Waals surface area contributed by atoms with Gasteiger partial charge in [-0.1, -0.05) is 206 Å². The summed E-state index contributed by atoms with van der Waals surface area (Å²) in [7, 11) is 0. The quantitative estimate of drug-likeness (QED) is 0.0313. The van der Waals surface area contributed by atoms with E-state index in [4.69, 9.17) is 0 Å². The average molecular weight is 1110 g/mol. The summed E-state index contributed by atoms with van der Waals surface area (Å²) in [5.41, 5.74) is 0. The number of carbonyl (C=O) groups is 7. The van der Waals surface area contributed by atoms with E-state index in [1.54, 1.807) is 19.6 Å². The number of rotatable bonds is 48. The average Bonchev–Trinajstić information content (AvgIpc) is 3.39. The first-order valence-electron chi connectivity index (χ1n) is 31.3. The normalized spacial score (nSPS) is 15.2. The maximum atomic E-state index is 13.6. The van der Waals surface area contributed by atoms with E-state index in [9.17, 15) is 48.9 Å². The lowest BCUT2D eigenvalue weighted by molar-refractivity contribution is -0.140. The minimum absolute atomic E-state index is 0.136. The molecule has 1 heterocycles. The van der Waals surface area contributed by atoms with Crippen molar-refractivity contribution < 1.29 is 48.9 Å². The molecule has 1 fully saturated rings. The zero-order chi connectivity index (χ0) is 57.4. The topological polar surface area (TPSA) is 232 Å². The zero-order valence-electron chi connectivity index (χ0n) is 49.8. The number of carboxylic acid groups (broad SMARTS) is 3. The SMILES string of the molecule is CCCCCCCCCCCCCCCCCCN(CCCCCCCCCCCCCCCCCC)C(=O)CNC(=O)[C@H](C)NC(=O)[C@H](C)NC(=O)CN1CCN(CC(=O)O)CCN(CC(=O)O)CCN(CC(=O)O)CC1. The van der Waals surface area contributed by atoms with Crippen LogP contribution in [0.15, 0.2) is 0 Å². The molecule has 4 amide bonds. The van der Waals surface area contributed by atoms with Crippen molar-refractivity contribution in [1.29, 1.82) is 0 Å². The smallest absolute Gasteiger partial charge is 0.317 e. The van der Waals surface area contributed by atoms with Gasteiger partial charge in [0.15, 0.2) is 0 Å². The minimum atomic E-state index is -1.05. The number of hydrogen-bond donors (Lipinski definition) is 6. The van der Waals surface area contributed by atoms with E-state index in [1.807, 2.05) is 4.90 Å². The molecule has 0 radical (unpaired) electrons. The minimum Gasteiger partial charge on any atom is -0.480 e. The molecule has 18 nitrogen and oxygen atoms in total. The lowest BCUT2D eigenvalue weighted by Crippen LogP contribution is -2.54. The largest absolute Gasteiger partial charge is 0.480 e. The van der Waals surface area contributed by atoms with Crippen LogP contribution in [-0.4, -0.2) is 192 Å². The number of nitrogens with one attached hydrogen (secondary N) is 3. The molecule has 454 valence electrons. The van der Waals surface area contributed by atoms with Gasteiger partial charge in [0.05, 0.1) is 32.7 Å². The van der Waals surface area contributed by atoms with Crippen molar-refractivity contribution in [3.63, 3.8) is 0 Å². The first-order chi connectivity index (χ1) is 37.6. The fraction of sp³-hybridized carbons (Fsp3) is 0.883. The number of hydrogen-bond acceptors (Lipinski definition) is 11. The summed E-state index contributed by atoms with van der Waals surface area (Å²) in [6, 6.07) is -2.01. The molecule has 1 aliphatic rings. The molecule has 0 unspecified atom stereocenters. The Balaban J connectivity index is 2.68. The van der Waals surface area contributed by atoms with Gasteiger partial charge in [-0.15, -0.1) is 0 Å². The Morgan fingerprint density at radius 2 is 0.628 bits per heavy atom. The lowest BCUT2D eigenvalue weighted by atomic mass is 10.0. The van der Waals surface area contributed by atoms with Crippen LogP contribution in [0.5, 0.6) is 0 Å². The monoisotopic (exact) mass is 1110 g/mol. The van der Waals surface area contributed by atoms with Gasteiger partial charge < -0.3 is 36.2 Å². The van der Waals surface area contributed by atoms with Crippen LogP contribution in [0.1, 0.15) is 233 Å². The first kappa shape index (κ1) is 72.1. The molecule has 0 saturated carbocycles. The Labute approximate surface area is 472 Å². The van der Waals surface area contributed by atoms with Gasteiger partial charge in [-0.05, 0) is 26.7 Å². The first-order valence-corrected chi connectivity index (χ1v) is 31.3. The van der Waals surface area contributed by atoms with E-state index in [-0.39, 0.29) is 91.0 Å². The van der Waals surface area contributed by atoms with Gasteiger partial charge in [-0.2, -0.15) is 0 Å². The molecular formula is C60H114N8O10. The highest BCUT2D eigenvalue weighted by Crippen LogP contribution is 2.16. The highest BCUT2D eigenvalue weighted by Gasteiger charge is 2.25. The molecule has 0 aliphatic carbocycles. The standard InChI is InChI=1S/C60H114N8O10/c1-5-7-9-11-13-15-17-19-21-23-25-27-29-31-33-35-37-68(38-36-34-32-30-28-26-24-22-20-18-16-14-12-10-8-6-2)55(70)47-61-59(77)52(3)63-60(78)53(4)62-54(69)48-64-39-41-65(49-56(71)72)43-45-67(51-58(75)76)46-44-66(42-40-64)50-57(73)74/h52-53H,5-51H2,1-4H3,(H,61,77)(H,62,69)(H,63,78)(H,71,72)(H,73,74)(H,75,76)/t52-,53-/m0/s1. The Morgan fingerprint density at radius 1 is 0.372 bits per heavy atom. The number of nitrogens with zero attached hydrogens (tertiary/aromatic N) is 5. The van der Waals surface area contributed by atoms with Crippen LogP contribution in [0.2, 0.25) is 0 Å². The molecule has 1 aliphatic heterocycles. The van der Waals surface area contributed by atoms with E-state index < -0.39 is 47.7 Å². The van der Waals surface area contributed by atoms with E-state index in [1.165, 1.54) is 181 Å². The third-order valence-corrected chi connectivity index (χ3v) is 15.2. The van der Waals surface area contributed by atoms with E-state index in [2.05, 4.69) is 29.8 Å². The van der Waals surface area contributed by atoms with Gasteiger partial charge >= 0.3 is 17.9 Å². The molecule has 6 N–H and O–H groups in total. The molecule has 0 aromatic rings. The second-order valence-electron chi connectivity index (χ2n) is 22.5. The van der Waals surface area contributed by atoms with Crippen LogP contribution < -0.4 is 16.0 Å². The fourth-order valence-corrected chi connectivity index (χ4v) is 10.2. The van der Waals surface area contributed by atoms with Crippen LogP contribution >= 0.6 is 0 Å². The zero-order valence-corrected chi connectivity index (χ0v) is 49.8. The van der Waals surface area contributed by atoms with Crippen LogP contribution in [-0.2, 0) is 33.6 Å². The number of amides is 4. The van der Waals surface area contributed by atoms with E-state index >= 15 is 0 Å². The summed E-state index contributed by atoms with van der Waals surface area (Å²) in [4.78, 5) is 97.0. The van der Waals surface area contributed by atoms with Gasteiger partial charge in [0.1, 0.15) is 12.1 Å². The Hall–Kier alpha value is -3.87. The predicted octanol–water partition coefficient (Wildman–Crippen LogP) is 8.94. The third kappa shape index (κ3) is 42.1. The van der Waals surface area contributed by atoms with Crippen molar-refractivity contribution in [2.75, 3.05) is 98.2 Å². The van der Waals surface area contributed by atoms with E-state index in [0.717, 1.165) is 38.5 Å². The number of aliphatic carboxylic acids is 3. The molecule has 2 atom stereocenters. The molecule has 0 bridgehead atoms. The number of carboxylic acids is 3. The molecule has 18 heteroatoms. The second kappa shape index (κ2) is 49.0. The molecule has 1 rings (SSSR count).